The number of amides is 1. The van der Waals surface area contributed by atoms with Crippen LogP contribution in [-0.4, -0.2) is 37.9 Å². The summed E-state index contributed by atoms with van der Waals surface area (Å²) in [4.78, 5) is 14.5. The Morgan fingerprint density at radius 1 is 1.41 bits per heavy atom. The van der Waals surface area contributed by atoms with Crippen LogP contribution >= 0.6 is 11.8 Å². The van der Waals surface area contributed by atoms with Crippen molar-refractivity contribution in [3.05, 3.63) is 29.8 Å². The molecular weight excluding hydrogens is 298 g/mol. The molecule has 3 rings (SSSR count). The molecule has 7 heteroatoms. The van der Waals surface area contributed by atoms with Crippen molar-refractivity contribution >= 4 is 23.4 Å². The minimum atomic E-state index is 0.0979. The van der Waals surface area contributed by atoms with Gasteiger partial charge in [-0.05, 0) is 49.2 Å². The average Bonchev–Trinajstić information content (AvgIpc) is 3.07. The van der Waals surface area contributed by atoms with Gasteiger partial charge in [0.1, 0.15) is 0 Å². The number of hydrogen-bond donors (Lipinski definition) is 0. The van der Waals surface area contributed by atoms with Gasteiger partial charge in [-0.3, -0.25) is 4.79 Å². The molecule has 0 unspecified atom stereocenters. The molecule has 0 fully saturated rings. The van der Waals surface area contributed by atoms with Crippen LogP contribution in [0, 0.1) is 0 Å². The molecule has 2 heterocycles. The Hall–Kier alpha value is -1.89. The van der Waals surface area contributed by atoms with Gasteiger partial charge in [0.05, 0.1) is 11.8 Å². The number of tetrazole rings is 1. The van der Waals surface area contributed by atoms with Crippen molar-refractivity contribution in [1.82, 2.24) is 20.2 Å². The van der Waals surface area contributed by atoms with Gasteiger partial charge >= 0.3 is 0 Å². The van der Waals surface area contributed by atoms with Gasteiger partial charge in [-0.2, -0.15) is 0 Å². The van der Waals surface area contributed by atoms with Crippen molar-refractivity contribution in [2.45, 2.75) is 44.4 Å². The molecule has 0 saturated heterocycles. The van der Waals surface area contributed by atoms with E-state index in [4.69, 9.17) is 0 Å². The summed E-state index contributed by atoms with van der Waals surface area (Å²) < 4.78 is 1.74. The summed E-state index contributed by atoms with van der Waals surface area (Å²) in [6.45, 7) is 6.11. The molecule has 0 bridgehead atoms. The predicted molar refractivity (Wildman–Crippen MR) is 86.0 cm³/mol. The van der Waals surface area contributed by atoms with E-state index < -0.39 is 0 Å². The first-order chi connectivity index (χ1) is 10.6. The molecule has 6 nitrogen and oxygen atoms in total. The van der Waals surface area contributed by atoms with Gasteiger partial charge in [-0.1, -0.05) is 30.0 Å². The summed E-state index contributed by atoms with van der Waals surface area (Å²) in [7, 11) is 0. The molecule has 0 spiro atoms. The smallest absolute Gasteiger partial charge is 0.237 e. The first-order valence-corrected chi connectivity index (χ1v) is 8.37. The zero-order chi connectivity index (χ0) is 15.7. The van der Waals surface area contributed by atoms with Crippen LogP contribution in [0.2, 0.25) is 0 Å². The Kier molecular flexibility index (Phi) is 4.15. The largest absolute Gasteiger partial charge is 0.308 e. The molecule has 1 aliphatic heterocycles. The fourth-order valence-corrected chi connectivity index (χ4v) is 3.61. The minimum Gasteiger partial charge on any atom is -0.308 e. The predicted octanol–water partition coefficient (Wildman–Crippen LogP) is 2.32. The zero-order valence-electron chi connectivity index (χ0n) is 12.9. The normalized spacial score (nSPS) is 17.1. The van der Waals surface area contributed by atoms with E-state index in [1.165, 1.54) is 17.3 Å². The monoisotopic (exact) mass is 317 g/mol. The number of rotatable bonds is 4. The van der Waals surface area contributed by atoms with Crippen molar-refractivity contribution in [1.29, 1.82) is 0 Å². The maximum atomic E-state index is 12.6. The highest BCUT2D eigenvalue weighted by atomic mass is 32.2. The number of thioether (sulfide) groups is 1. The van der Waals surface area contributed by atoms with Gasteiger partial charge in [-0.25, -0.2) is 4.68 Å². The number of nitrogens with zero attached hydrogens (tertiary/aromatic N) is 5. The maximum absolute atomic E-state index is 12.6. The highest BCUT2D eigenvalue weighted by molar-refractivity contribution is 7.99. The lowest BCUT2D eigenvalue weighted by Crippen LogP contribution is -2.37. The van der Waals surface area contributed by atoms with Crippen molar-refractivity contribution in [2.75, 3.05) is 10.7 Å². The molecule has 22 heavy (non-hydrogen) atoms. The van der Waals surface area contributed by atoms with E-state index in [-0.39, 0.29) is 18.0 Å². The highest BCUT2D eigenvalue weighted by Crippen LogP contribution is 2.32. The Morgan fingerprint density at radius 3 is 2.95 bits per heavy atom. The van der Waals surface area contributed by atoms with Gasteiger partial charge < -0.3 is 4.90 Å². The van der Waals surface area contributed by atoms with Crippen molar-refractivity contribution < 1.29 is 4.79 Å². The molecule has 1 aromatic carbocycles. The molecule has 0 saturated carbocycles. The third kappa shape index (κ3) is 2.72. The van der Waals surface area contributed by atoms with E-state index in [1.54, 1.807) is 4.68 Å². The molecule has 2 aromatic rings. The van der Waals surface area contributed by atoms with Gasteiger partial charge in [0.15, 0.2) is 0 Å². The minimum absolute atomic E-state index is 0.0979. The molecular formula is C15H19N5OS. The van der Waals surface area contributed by atoms with Crippen LogP contribution in [0.3, 0.4) is 0 Å². The lowest BCUT2D eigenvalue weighted by molar-refractivity contribution is -0.116. The first-order valence-electron chi connectivity index (χ1n) is 7.38. The van der Waals surface area contributed by atoms with Crippen LogP contribution < -0.4 is 4.90 Å². The van der Waals surface area contributed by atoms with Gasteiger partial charge in [-0.15, -0.1) is 5.10 Å². The summed E-state index contributed by atoms with van der Waals surface area (Å²) in [6, 6.07) is 8.48. The molecule has 1 aliphatic rings. The summed E-state index contributed by atoms with van der Waals surface area (Å²) in [5.41, 5.74) is 2.27. The van der Waals surface area contributed by atoms with E-state index in [9.17, 15) is 4.79 Å². The number of anilines is 1. The van der Waals surface area contributed by atoms with Crippen molar-refractivity contribution in [2.24, 2.45) is 0 Å². The summed E-state index contributed by atoms with van der Waals surface area (Å²) in [5.74, 6) is 0.437. The second-order valence-electron chi connectivity index (χ2n) is 5.73. The van der Waals surface area contributed by atoms with E-state index in [2.05, 4.69) is 28.5 Å². The van der Waals surface area contributed by atoms with E-state index in [0.717, 1.165) is 12.1 Å². The quantitative estimate of drug-likeness (QED) is 0.810. The van der Waals surface area contributed by atoms with Crippen LogP contribution in [0.25, 0.3) is 0 Å². The van der Waals surface area contributed by atoms with Crippen LogP contribution in [0.4, 0.5) is 5.69 Å². The lowest BCUT2D eigenvalue weighted by Gasteiger charge is -2.22. The van der Waals surface area contributed by atoms with Gasteiger partial charge in [0.2, 0.25) is 11.1 Å². The summed E-state index contributed by atoms with van der Waals surface area (Å²) in [5, 5.41) is 12.3. The molecule has 0 radical (unpaired) electrons. The maximum Gasteiger partial charge on any atom is 0.237 e. The van der Waals surface area contributed by atoms with Gasteiger partial charge in [0, 0.05) is 11.7 Å². The fraction of sp³-hybridized carbons (Fsp3) is 0.467. The van der Waals surface area contributed by atoms with Crippen LogP contribution in [-0.2, 0) is 11.2 Å². The first kappa shape index (κ1) is 15.0. The summed E-state index contributed by atoms with van der Waals surface area (Å²) >= 11 is 1.39. The van der Waals surface area contributed by atoms with Crippen molar-refractivity contribution in [3.63, 3.8) is 0 Å². The Labute approximate surface area is 133 Å². The number of carbonyl (C=O) groups is 1. The Balaban J connectivity index is 1.71. The molecule has 0 aliphatic carbocycles. The lowest BCUT2D eigenvalue weighted by atomic mass is 10.1. The highest BCUT2D eigenvalue weighted by Gasteiger charge is 2.30. The topological polar surface area (TPSA) is 63.9 Å². The van der Waals surface area contributed by atoms with E-state index in [0.29, 0.717) is 10.9 Å². The second-order valence-corrected chi connectivity index (χ2v) is 6.68. The standard InChI is InChI=1S/C15H19N5OS/c1-10(2)20-15(16-17-18-20)22-9-14(21)19-11(3)8-12-6-4-5-7-13(12)19/h4-7,10-11H,8-9H2,1-3H3/t11-/m0/s1. The summed E-state index contributed by atoms with van der Waals surface area (Å²) in [6.07, 6.45) is 0.913. The Bertz CT molecular complexity index is 684. The molecule has 0 N–H and O–H groups in total. The van der Waals surface area contributed by atoms with E-state index in [1.807, 2.05) is 36.9 Å². The number of carbonyl (C=O) groups excluding carboxylic acids is 1. The molecule has 1 amide bonds. The number of aromatic nitrogens is 4. The molecule has 1 atom stereocenters. The SMILES string of the molecule is CC(C)n1nnnc1SCC(=O)N1c2ccccc2C[C@@H]1C. The van der Waals surface area contributed by atoms with E-state index >= 15 is 0 Å². The molecule has 1 aromatic heterocycles. The molecule has 116 valence electrons. The third-order valence-electron chi connectivity index (χ3n) is 3.75. The van der Waals surface area contributed by atoms with Gasteiger partial charge in [0.25, 0.3) is 0 Å². The van der Waals surface area contributed by atoms with Crippen LogP contribution in [0.15, 0.2) is 29.4 Å². The third-order valence-corrected chi connectivity index (χ3v) is 4.67. The fourth-order valence-electron chi connectivity index (χ4n) is 2.75. The van der Waals surface area contributed by atoms with Crippen molar-refractivity contribution in [3.8, 4) is 0 Å². The Morgan fingerprint density at radius 2 is 2.18 bits per heavy atom. The number of para-hydroxylation sites is 1. The van der Waals surface area contributed by atoms with Crippen LogP contribution in [0.5, 0.6) is 0 Å². The number of fused-ring (bicyclic) bond motifs is 1. The zero-order valence-corrected chi connectivity index (χ0v) is 13.7. The second kappa shape index (κ2) is 6.08. The van der Waals surface area contributed by atoms with Crippen LogP contribution in [0.1, 0.15) is 32.4 Å². The number of hydrogen-bond acceptors (Lipinski definition) is 5. The average molecular weight is 317 g/mol. The number of benzene rings is 1.